The number of nitrogen functional groups attached to an aromatic ring is 1. The van der Waals surface area contributed by atoms with Crippen molar-refractivity contribution >= 4 is 11.7 Å². The average molecular weight is 290 g/mol. The van der Waals surface area contributed by atoms with Gasteiger partial charge in [0.1, 0.15) is 11.4 Å². The van der Waals surface area contributed by atoms with Gasteiger partial charge in [0.05, 0.1) is 6.61 Å². The lowest BCUT2D eigenvalue weighted by atomic mass is 10.0. The summed E-state index contributed by atoms with van der Waals surface area (Å²) in [6.07, 6.45) is 0.651. The summed E-state index contributed by atoms with van der Waals surface area (Å²) in [6, 6.07) is 7.50. The number of halogens is 1. The molecule has 3 rings (SSSR count). The number of carbonyl (C=O) groups excluding carboxylic acids is 1. The molecule has 0 fully saturated rings. The average Bonchev–Trinajstić information content (AvgIpc) is 2.42. The van der Waals surface area contributed by atoms with Gasteiger partial charge in [0, 0.05) is 17.8 Å². The molecule has 0 saturated carbocycles. The van der Waals surface area contributed by atoms with E-state index in [0.29, 0.717) is 24.4 Å². The van der Waals surface area contributed by atoms with Crippen LogP contribution in [-0.4, -0.2) is 22.7 Å². The largest absolute Gasteiger partial charge is 0.493 e. The van der Waals surface area contributed by atoms with Crippen molar-refractivity contribution < 1.29 is 19.0 Å². The highest BCUT2D eigenvalue weighted by Gasteiger charge is 2.23. The number of hydrogen-bond donors (Lipinski definition) is 2. The third kappa shape index (κ3) is 3.68. The van der Waals surface area contributed by atoms with Gasteiger partial charge in [0.25, 0.3) is 0 Å². The molecule has 0 bridgehead atoms. The van der Waals surface area contributed by atoms with Crippen molar-refractivity contribution in [2.45, 2.75) is 13.3 Å². The van der Waals surface area contributed by atoms with Crippen LogP contribution < -0.4 is 5.73 Å². The molecule has 5 nitrogen and oxygen atoms in total. The van der Waals surface area contributed by atoms with Gasteiger partial charge in [-0.15, -0.1) is 0 Å². The van der Waals surface area contributed by atoms with Crippen molar-refractivity contribution in [2.75, 3.05) is 12.3 Å². The summed E-state index contributed by atoms with van der Waals surface area (Å²) >= 11 is 0. The summed E-state index contributed by atoms with van der Waals surface area (Å²) in [5.74, 6) is -0.954. The number of ether oxygens (including phenoxy) is 1. The summed E-state index contributed by atoms with van der Waals surface area (Å²) in [7, 11) is 0. The Bertz CT molecular complexity index is 636. The van der Waals surface area contributed by atoms with Crippen molar-refractivity contribution in [2.24, 2.45) is 0 Å². The van der Waals surface area contributed by atoms with E-state index >= 15 is 0 Å². The summed E-state index contributed by atoms with van der Waals surface area (Å²) in [5, 5.41) is 9.40. The minimum atomic E-state index is -0.480. The maximum absolute atomic E-state index is 12.0. The first kappa shape index (κ1) is 14.8. The zero-order valence-electron chi connectivity index (χ0n) is 11.5. The van der Waals surface area contributed by atoms with Crippen LogP contribution in [0.3, 0.4) is 0 Å². The van der Waals surface area contributed by atoms with Crippen LogP contribution in [0.1, 0.15) is 21.6 Å². The summed E-state index contributed by atoms with van der Waals surface area (Å²) < 4.78 is 16.8. The molecule has 0 saturated heterocycles. The molecule has 0 atom stereocenters. The summed E-state index contributed by atoms with van der Waals surface area (Å²) in [5.41, 5.74) is 7.60. The number of aromatic nitrogens is 1. The third-order valence-electron chi connectivity index (χ3n) is 2.89. The number of hydrogen-bond acceptors (Lipinski definition) is 5. The molecule has 0 radical (unpaired) electrons. The van der Waals surface area contributed by atoms with E-state index in [1.165, 1.54) is 24.3 Å². The number of benzene rings is 1. The lowest BCUT2D eigenvalue weighted by Gasteiger charge is -2.16. The quantitative estimate of drug-likeness (QED) is 0.574. The first-order valence-corrected chi connectivity index (χ1v) is 6.35. The van der Waals surface area contributed by atoms with Crippen molar-refractivity contribution in [3.8, 4) is 5.88 Å². The second kappa shape index (κ2) is 6.21. The van der Waals surface area contributed by atoms with Gasteiger partial charge in [0.15, 0.2) is 0 Å². The molecule has 21 heavy (non-hydrogen) atoms. The second-order valence-electron chi connectivity index (χ2n) is 4.56. The van der Waals surface area contributed by atoms with Gasteiger partial charge in [-0.1, -0.05) is 0 Å². The number of nitrogens with zero attached hydrogens (tertiary/aromatic N) is 1. The zero-order chi connectivity index (χ0) is 15.4. The molecule has 3 N–H and O–H groups in total. The molecule has 1 aliphatic heterocycles. The van der Waals surface area contributed by atoms with Crippen molar-refractivity contribution in [3.63, 3.8) is 0 Å². The number of rotatable bonds is 0. The lowest BCUT2D eigenvalue weighted by Crippen LogP contribution is -2.18. The van der Waals surface area contributed by atoms with Crippen molar-refractivity contribution in [1.82, 2.24) is 4.98 Å². The molecule has 0 amide bonds. The van der Waals surface area contributed by atoms with E-state index in [2.05, 4.69) is 4.98 Å². The molecular formula is C15H15FN2O3. The van der Waals surface area contributed by atoms with Gasteiger partial charge in [-0.3, -0.25) is 0 Å². The van der Waals surface area contributed by atoms with Crippen LogP contribution in [0.2, 0.25) is 0 Å². The van der Waals surface area contributed by atoms with E-state index in [-0.39, 0.29) is 17.3 Å². The number of nitrogens with two attached hydrogens (primary N) is 1. The lowest BCUT2D eigenvalue weighted by molar-refractivity contribution is 0.0475. The number of fused-ring (bicyclic) bond motifs is 1. The maximum Gasteiger partial charge on any atom is 0.343 e. The topological polar surface area (TPSA) is 85.4 Å². The fourth-order valence-electron chi connectivity index (χ4n) is 1.93. The first-order valence-electron chi connectivity index (χ1n) is 6.35. The number of cyclic esters (lactones) is 1. The summed E-state index contributed by atoms with van der Waals surface area (Å²) in [6.45, 7) is 2.16. The molecule has 2 heterocycles. The van der Waals surface area contributed by atoms with Crippen LogP contribution in [0.5, 0.6) is 5.88 Å². The van der Waals surface area contributed by atoms with E-state index < -0.39 is 5.97 Å². The van der Waals surface area contributed by atoms with E-state index in [0.717, 1.165) is 5.56 Å². The Balaban J connectivity index is 0.000000173. The molecule has 1 aromatic heterocycles. The fourth-order valence-corrected chi connectivity index (χ4v) is 1.93. The van der Waals surface area contributed by atoms with E-state index in [4.69, 9.17) is 10.5 Å². The van der Waals surface area contributed by atoms with Gasteiger partial charge in [-0.25, -0.2) is 14.2 Å². The first-order chi connectivity index (χ1) is 9.97. The molecular weight excluding hydrogens is 275 g/mol. The van der Waals surface area contributed by atoms with Gasteiger partial charge in [-0.2, -0.15) is 0 Å². The molecule has 110 valence electrons. The monoisotopic (exact) mass is 290 g/mol. The predicted octanol–water partition coefficient (Wildman–Crippen LogP) is 2.22. The Hall–Kier alpha value is -2.63. The highest BCUT2D eigenvalue weighted by atomic mass is 19.1. The molecule has 1 aliphatic rings. The van der Waals surface area contributed by atoms with Gasteiger partial charge in [-0.05, 0) is 42.8 Å². The van der Waals surface area contributed by atoms with E-state index in [1.807, 2.05) is 0 Å². The van der Waals surface area contributed by atoms with Crippen molar-refractivity contribution in [3.05, 3.63) is 53.0 Å². The van der Waals surface area contributed by atoms with E-state index in [9.17, 15) is 14.3 Å². The number of anilines is 1. The SMILES string of the molecule is Cc1cc2c(c(O)n1)C(=O)OCC2.Nc1ccc(F)cc1. The van der Waals surface area contributed by atoms with Gasteiger partial charge in [0.2, 0.25) is 5.88 Å². The minimum Gasteiger partial charge on any atom is -0.493 e. The number of esters is 1. The Morgan fingerprint density at radius 1 is 1.33 bits per heavy atom. The normalized spacial score (nSPS) is 12.8. The number of pyridine rings is 1. The van der Waals surface area contributed by atoms with Crippen LogP contribution in [0.15, 0.2) is 30.3 Å². The van der Waals surface area contributed by atoms with E-state index in [1.54, 1.807) is 13.0 Å². The molecule has 0 aliphatic carbocycles. The second-order valence-corrected chi connectivity index (χ2v) is 4.56. The Kier molecular flexibility index (Phi) is 4.37. The predicted molar refractivity (Wildman–Crippen MR) is 75.4 cm³/mol. The van der Waals surface area contributed by atoms with Crippen LogP contribution in [0.25, 0.3) is 0 Å². The molecule has 1 aromatic carbocycles. The van der Waals surface area contributed by atoms with Crippen LogP contribution in [-0.2, 0) is 11.2 Å². The smallest absolute Gasteiger partial charge is 0.343 e. The molecule has 2 aromatic rings. The van der Waals surface area contributed by atoms with Gasteiger partial charge < -0.3 is 15.6 Å². The Morgan fingerprint density at radius 2 is 2.00 bits per heavy atom. The number of aryl methyl sites for hydroxylation is 1. The van der Waals surface area contributed by atoms with Crippen LogP contribution in [0.4, 0.5) is 10.1 Å². The highest BCUT2D eigenvalue weighted by molar-refractivity contribution is 5.94. The molecule has 6 heteroatoms. The zero-order valence-corrected chi connectivity index (χ0v) is 11.5. The standard InChI is InChI=1S/C9H9NO3.C6H6FN/c1-5-4-6-2-3-13-9(12)7(6)8(11)10-5;7-5-1-3-6(8)4-2-5/h4H,2-3H2,1H3,(H,10,11);1-4H,8H2. The summed E-state index contributed by atoms with van der Waals surface area (Å²) in [4.78, 5) is 15.0. The maximum atomic E-state index is 12.0. The minimum absolute atomic E-state index is 0.219. The van der Waals surface area contributed by atoms with Crippen molar-refractivity contribution in [1.29, 1.82) is 0 Å². The van der Waals surface area contributed by atoms with Crippen LogP contribution >= 0.6 is 0 Å². The van der Waals surface area contributed by atoms with Crippen LogP contribution in [0, 0.1) is 12.7 Å². The van der Waals surface area contributed by atoms with Gasteiger partial charge >= 0.3 is 5.97 Å². The molecule has 0 unspecified atom stereocenters. The fraction of sp³-hybridized carbons (Fsp3) is 0.200. The Labute approximate surface area is 121 Å². The number of carbonyl (C=O) groups is 1. The highest BCUT2D eigenvalue weighted by Crippen LogP contribution is 2.24. The number of aromatic hydroxyl groups is 1. The molecule has 0 spiro atoms. The third-order valence-corrected chi connectivity index (χ3v) is 2.89. The Morgan fingerprint density at radius 3 is 2.62 bits per heavy atom.